The molecule has 1 rings (SSSR count). The molecule has 0 heterocycles. The molecule has 0 amide bonds. The van der Waals surface area contributed by atoms with Gasteiger partial charge in [0.1, 0.15) is 0 Å². The molecule has 0 bridgehead atoms. The van der Waals surface area contributed by atoms with E-state index in [-0.39, 0.29) is 0 Å². The zero-order valence-electron chi connectivity index (χ0n) is 12.9. The molecule has 0 aliphatic rings. The van der Waals surface area contributed by atoms with E-state index < -0.39 is 0 Å². The second-order valence-corrected chi connectivity index (χ2v) is 5.23. The van der Waals surface area contributed by atoms with Crippen LogP contribution in [0, 0.1) is 5.92 Å². The normalized spacial score (nSPS) is 12.5. The van der Waals surface area contributed by atoms with Gasteiger partial charge in [0.05, 0.1) is 13.7 Å². The van der Waals surface area contributed by atoms with Crippen molar-refractivity contribution in [2.75, 3.05) is 26.8 Å². The van der Waals surface area contributed by atoms with E-state index in [0.717, 1.165) is 24.3 Å². The summed E-state index contributed by atoms with van der Waals surface area (Å²) < 4.78 is 11.1. The van der Waals surface area contributed by atoms with Crippen molar-refractivity contribution in [2.24, 2.45) is 17.4 Å². The molecule has 0 fully saturated rings. The SMILES string of the molecule is CCCOc1ccc(C(C)CC(CN)CN)cc1OC. The molecule has 0 aromatic heterocycles. The predicted octanol–water partition coefficient (Wildman–Crippen LogP) is 2.51. The van der Waals surface area contributed by atoms with Gasteiger partial charge in [-0.1, -0.05) is 19.9 Å². The molecule has 1 aromatic rings. The van der Waals surface area contributed by atoms with Gasteiger partial charge in [-0.3, -0.25) is 0 Å². The molecule has 114 valence electrons. The Bertz CT molecular complexity index is 392. The molecule has 4 nitrogen and oxygen atoms in total. The molecular formula is C16H28N2O2. The maximum Gasteiger partial charge on any atom is 0.161 e. The Morgan fingerprint density at radius 1 is 1.15 bits per heavy atom. The van der Waals surface area contributed by atoms with E-state index in [1.165, 1.54) is 5.56 Å². The fourth-order valence-corrected chi connectivity index (χ4v) is 2.25. The Morgan fingerprint density at radius 3 is 2.40 bits per heavy atom. The first kappa shape index (κ1) is 16.8. The fourth-order valence-electron chi connectivity index (χ4n) is 2.25. The number of methoxy groups -OCH3 is 1. The van der Waals surface area contributed by atoms with E-state index in [1.807, 2.05) is 6.07 Å². The first-order valence-electron chi connectivity index (χ1n) is 7.37. The third-order valence-electron chi connectivity index (χ3n) is 3.57. The number of rotatable bonds is 9. The molecular weight excluding hydrogens is 252 g/mol. The number of hydrogen-bond donors (Lipinski definition) is 2. The number of ether oxygens (including phenoxy) is 2. The van der Waals surface area contributed by atoms with Crippen LogP contribution in [-0.4, -0.2) is 26.8 Å². The van der Waals surface area contributed by atoms with Crippen molar-refractivity contribution in [3.8, 4) is 11.5 Å². The van der Waals surface area contributed by atoms with E-state index in [0.29, 0.717) is 31.5 Å². The van der Waals surface area contributed by atoms with Crippen LogP contribution in [0.2, 0.25) is 0 Å². The monoisotopic (exact) mass is 280 g/mol. The Balaban J connectivity index is 2.80. The Labute approximate surface area is 122 Å². The van der Waals surface area contributed by atoms with Crippen molar-refractivity contribution >= 4 is 0 Å². The van der Waals surface area contributed by atoms with Crippen LogP contribution in [0.4, 0.5) is 0 Å². The maximum absolute atomic E-state index is 5.72. The highest BCUT2D eigenvalue weighted by Crippen LogP contribution is 2.32. The van der Waals surface area contributed by atoms with Crippen molar-refractivity contribution in [2.45, 2.75) is 32.6 Å². The van der Waals surface area contributed by atoms with Crippen molar-refractivity contribution in [1.29, 1.82) is 0 Å². The van der Waals surface area contributed by atoms with Gasteiger partial charge in [-0.15, -0.1) is 0 Å². The molecule has 0 saturated carbocycles. The highest BCUT2D eigenvalue weighted by Gasteiger charge is 2.14. The zero-order valence-corrected chi connectivity index (χ0v) is 12.9. The molecule has 0 aliphatic carbocycles. The molecule has 4 N–H and O–H groups in total. The van der Waals surface area contributed by atoms with E-state index in [2.05, 4.69) is 26.0 Å². The minimum absolute atomic E-state index is 0.368. The summed E-state index contributed by atoms with van der Waals surface area (Å²) in [5.41, 5.74) is 12.7. The standard InChI is InChI=1S/C16H28N2O2/c1-4-7-20-15-6-5-14(9-16(15)19-3)12(2)8-13(10-17)11-18/h5-6,9,12-13H,4,7-8,10-11,17-18H2,1-3H3. The van der Waals surface area contributed by atoms with Gasteiger partial charge in [-0.2, -0.15) is 0 Å². The molecule has 4 heteroatoms. The van der Waals surface area contributed by atoms with E-state index in [4.69, 9.17) is 20.9 Å². The lowest BCUT2D eigenvalue weighted by Crippen LogP contribution is -2.24. The average molecular weight is 280 g/mol. The summed E-state index contributed by atoms with van der Waals surface area (Å²) in [7, 11) is 1.67. The predicted molar refractivity (Wildman–Crippen MR) is 83.4 cm³/mol. The highest BCUT2D eigenvalue weighted by molar-refractivity contribution is 5.43. The lowest BCUT2D eigenvalue weighted by Gasteiger charge is -2.19. The maximum atomic E-state index is 5.72. The molecule has 1 aromatic carbocycles. The number of nitrogens with two attached hydrogens (primary N) is 2. The van der Waals surface area contributed by atoms with Gasteiger partial charge in [0.25, 0.3) is 0 Å². The molecule has 0 radical (unpaired) electrons. The number of hydrogen-bond acceptors (Lipinski definition) is 4. The zero-order chi connectivity index (χ0) is 15.0. The second-order valence-electron chi connectivity index (χ2n) is 5.23. The van der Waals surface area contributed by atoms with Crippen LogP contribution in [0.25, 0.3) is 0 Å². The van der Waals surface area contributed by atoms with Gasteiger partial charge in [-0.05, 0) is 55.5 Å². The van der Waals surface area contributed by atoms with Crippen molar-refractivity contribution < 1.29 is 9.47 Å². The smallest absolute Gasteiger partial charge is 0.161 e. The van der Waals surface area contributed by atoms with Gasteiger partial charge in [0.2, 0.25) is 0 Å². The van der Waals surface area contributed by atoms with Gasteiger partial charge < -0.3 is 20.9 Å². The lowest BCUT2D eigenvalue weighted by molar-refractivity contribution is 0.294. The fraction of sp³-hybridized carbons (Fsp3) is 0.625. The summed E-state index contributed by atoms with van der Waals surface area (Å²) in [5.74, 6) is 2.37. The minimum atomic E-state index is 0.368. The molecule has 0 saturated heterocycles. The van der Waals surface area contributed by atoms with Crippen LogP contribution in [0.15, 0.2) is 18.2 Å². The molecule has 20 heavy (non-hydrogen) atoms. The van der Waals surface area contributed by atoms with Gasteiger partial charge in [0.15, 0.2) is 11.5 Å². The topological polar surface area (TPSA) is 70.5 Å². The summed E-state index contributed by atoms with van der Waals surface area (Å²) >= 11 is 0. The Hall–Kier alpha value is -1.26. The first-order chi connectivity index (χ1) is 9.65. The molecule has 0 aliphatic heterocycles. The van der Waals surface area contributed by atoms with Gasteiger partial charge in [0, 0.05) is 0 Å². The molecule has 1 unspecified atom stereocenters. The van der Waals surface area contributed by atoms with Crippen LogP contribution in [-0.2, 0) is 0 Å². The minimum Gasteiger partial charge on any atom is -0.493 e. The third kappa shape index (κ3) is 4.69. The first-order valence-corrected chi connectivity index (χ1v) is 7.37. The quantitative estimate of drug-likeness (QED) is 0.729. The number of benzene rings is 1. The van der Waals surface area contributed by atoms with Crippen LogP contribution in [0.3, 0.4) is 0 Å². The Morgan fingerprint density at radius 2 is 1.85 bits per heavy atom. The van der Waals surface area contributed by atoms with E-state index in [9.17, 15) is 0 Å². The molecule has 0 spiro atoms. The van der Waals surface area contributed by atoms with Crippen molar-refractivity contribution in [1.82, 2.24) is 0 Å². The van der Waals surface area contributed by atoms with Gasteiger partial charge >= 0.3 is 0 Å². The van der Waals surface area contributed by atoms with Crippen LogP contribution in [0.1, 0.15) is 38.2 Å². The van der Waals surface area contributed by atoms with Crippen LogP contribution >= 0.6 is 0 Å². The second kappa shape index (κ2) is 8.82. The van der Waals surface area contributed by atoms with Gasteiger partial charge in [-0.25, -0.2) is 0 Å². The summed E-state index contributed by atoms with van der Waals surface area (Å²) in [6.07, 6.45) is 1.97. The summed E-state index contributed by atoms with van der Waals surface area (Å²) in [5, 5.41) is 0. The summed E-state index contributed by atoms with van der Waals surface area (Å²) in [6.45, 7) is 6.25. The van der Waals surface area contributed by atoms with Crippen LogP contribution < -0.4 is 20.9 Å². The van der Waals surface area contributed by atoms with Crippen molar-refractivity contribution in [3.05, 3.63) is 23.8 Å². The van der Waals surface area contributed by atoms with E-state index in [1.54, 1.807) is 7.11 Å². The largest absolute Gasteiger partial charge is 0.493 e. The lowest BCUT2D eigenvalue weighted by atomic mass is 9.90. The molecule has 1 atom stereocenters. The van der Waals surface area contributed by atoms with Crippen LogP contribution in [0.5, 0.6) is 11.5 Å². The third-order valence-corrected chi connectivity index (χ3v) is 3.57. The summed E-state index contributed by atoms with van der Waals surface area (Å²) in [6, 6.07) is 6.14. The Kier molecular flexibility index (Phi) is 7.41. The van der Waals surface area contributed by atoms with Crippen molar-refractivity contribution in [3.63, 3.8) is 0 Å². The average Bonchev–Trinajstić information content (AvgIpc) is 2.49. The summed E-state index contributed by atoms with van der Waals surface area (Å²) in [4.78, 5) is 0. The highest BCUT2D eigenvalue weighted by atomic mass is 16.5. The van der Waals surface area contributed by atoms with E-state index >= 15 is 0 Å².